The molecule has 0 saturated heterocycles. The van der Waals surface area contributed by atoms with E-state index in [2.05, 4.69) is 0 Å². The molecule has 0 atom stereocenters. The van der Waals surface area contributed by atoms with Gasteiger partial charge in [0.2, 0.25) is 5.91 Å². The molecule has 0 spiro atoms. The summed E-state index contributed by atoms with van der Waals surface area (Å²) in [4.78, 5) is 20.9. The Balaban J connectivity index is 2.88. The molecule has 0 aliphatic carbocycles. The van der Waals surface area contributed by atoms with Gasteiger partial charge in [-0.05, 0) is 25.0 Å². The smallest absolute Gasteiger partial charge is 0.401 e. The van der Waals surface area contributed by atoms with Crippen LogP contribution in [0, 0.1) is 10.1 Å². The first-order chi connectivity index (χ1) is 8.04. The molecule has 0 fully saturated rings. The summed E-state index contributed by atoms with van der Waals surface area (Å²) in [6.07, 6.45) is 3.76. The van der Waals surface area contributed by atoms with Crippen molar-refractivity contribution in [1.82, 2.24) is 0 Å². The minimum atomic E-state index is -0.632. The number of hydrogen-bond donors (Lipinski definition) is 1. The van der Waals surface area contributed by atoms with Crippen molar-refractivity contribution in [3.63, 3.8) is 0 Å². The summed E-state index contributed by atoms with van der Waals surface area (Å²) < 4.78 is 4.92. The minimum absolute atomic E-state index is 0.265. The van der Waals surface area contributed by atoms with E-state index >= 15 is 0 Å². The number of rotatable bonds is 6. The van der Waals surface area contributed by atoms with Crippen LogP contribution < -0.4 is 5.73 Å². The first-order valence-electron chi connectivity index (χ1n) is 5.29. The number of carbonyl (C=O) groups is 1. The first kappa shape index (κ1) is 13.0. The van der Waals surface area contributed by atoms with Crippen LogP contribution in [0.1, 0.15) is 31.9 Å². The van der Waals surface area contributed by atoms with Gasteiger partial charge in [0, 0.05) is 5.57 Å². The Labute approximate surface area is 98.2 Å². The average Bonchev–Trinajstić information content (AvgIpc) is 2.72. The second kappa shape index (κ2) is 5.83. The van der Waals surface area contributed by atoms with Crippen LogP contribution in [0.2, 0.25) is 0 Å². The van der Waals surface area contributed by atoms with E-state index in [1.54, 1.807) is 0 Å². The molecule has 0 radical (unpaired) electrons. The maximum atomic E-state index is 11.1. The molecule has 0 aliphatic rings. The third-order valence-corrected chi connectivity index (χ3v) is 2.23. The van der Waals surface area contributed by atoms with Crippen LogP contribution in [-0.4, -0.2) is 10.8 Å². The average molecular weight is 238 g/mol. The fraction of sp³-hybridized carbons (Fsp3) is 0.364. The SMILES string of the molecule is CCCC/C(=C/c1ccc([N+](=O)[O-])o1)C(N)=O. The third kappa shape index (κ3) is 3.75. The molecule has 2 N–H and O–H groups in total. The van der Waals surface area contributed by atoms with Crippen LogP contribution in [0.15, 0.2) is 22.1 Å². The van der Waals surface area contributed by atoms with Gasteiger partial charge in [-0.2, -0.15) is 0 Å². The van der Waals surface area contributed by atoms with Gasteiger partial charge in [-0.1, -0.05) is 13.3 Å². The number of furan rings is 1. The molecule has 1 heterocycles. The zero-order valence-corrected chi connectivity index (χ0v) is 9.51. The molecule has 6 nitrogen and oxygen atoms in total. The van der Waals surface area contributed by atoms with Gasteiger partial charge in [0.25, 0.3) is 0 Å². The van der Waals surface area contributed by atoms with E-state index in [1.165, 1.54) is 18.2 Å². The largest absolute Gasteiger partial charge is 0.433 e. The monoisotopic (exact) mass is 238 g/mol. The summed E-state index contributed by atoms with van der Waals surface area (Å²) in [7, 11) is 0. The molecule has 0 aromatic carbocycles. The summed E-state index contributed by atoms with van der Waals surface area (Å²) in [5.41, 5.74) is 5.62. The van der Waals surface area contributed by atoms with E-state index in [4.69, 9.17) is 10.2 Å². The van der Waals surface area contributed by atoms with E-state index in [-0.39, 0.29) is 11.6 Å². The standard InChI is InChI=1S/C11H14N2O4/c1-2-3-4-8(11(12)14)7-9-5-6-10(17-9)13(15)16/h5-7H,2-4H2,1H3,(H2,12,14)/b8-7-. The Bertz CT molecular complexity index is 448. The lowest BCUT2D eigenvalue weighted by molar-refractivity contribution is -0.402. The van der Waals surface area contributed by atoms with Crippen molar-refractivity contribution in [1.29, 1.82) is 0 Å². The van der Waals surface area contributed by atoms with Crippen LogP contribution >= 0.6 is 0 Å². The number of nitro groups is 1. The molecular weight excluding hydrogens is 224 g/mol. The van der Waals surface area contributed by atoms with Crippen molar-refractivity contribution in [3.05, 3.63) is 33.6 Å². The Morgan fingerprint density at radius 2 is 2.29 bits per heavy atom. The van der Waals surface area contributed by atoms with Crippen molar-refractivity contribution >= 4 is 17.9 Å². The number of unbranched alkanes of at least 4 members (excludes halogenated alkanes) is 1. The number of nitrogens with two attached hydrogens (primary N) is 1. The molecule has 0 saturated carbocycles. The van der Waals surface area contributed by atoms with Crippen LogP contribution in [0.3, 0.4) is 0 Å². The van der Waals surface area contributed by atoms with Gasteiger partial charge < -0.3 is 10.2 Å². The summed E-state index contributed by atoms with van der Waals surface area (Å²) in [5, 5.41) is 10.4. The highest BCUT2D eigenvalue weighted by Crippen LogP contribution is 2.19. The van der Waals surface area contributed by atoms with E-state index < -0.39 is 10.8 Å². The minimum Gasteiger partial charge on any atom is -0.401 e. The van der Waals surface area contributed by atoms with Crippen molar-refractivity contribution in [3.8, 4) is 0 Å². The number of nitrogens with zero attached hydrogens (tertiary/aromatic N) is 1. The van der Waals surface area contributed by atoms with Crippen molar-refractivity contribution < 1.29 is 14.1 Å². The predicted octanol–water partition coefficient (Wildman–Crippen LogP) is 2.25. The number of carbonyl (C=O) groups excluding carboxylic acids is 1. The van der Waals surface area contributed by atoms with Crippen molar-refractivity contribution in [2.24, 2.45) is 5.73 Å². The lowest BCUT2D eigenvalue weighted by atomic mass is 10.1. The summed E-state index contributed by atoms with van der Waals surface area (Å²) in [6, 6.07) is 2.68. The fourth-order valence-corrected chi connectivity index (χ4v) is 1.32. The van der Waals surface area contributed by atoms with Crippen LogP contribution in [0.5, 0.6) is 0 Å². The molecule has 6 heteroatoms. The van der Waals surface area contributed by atoms with E-state index in [1.807, 2.05) is 6.92 Å². The van der Waals surface area contributed by atoms with Gasteiger partial charge in [0.05, 0.1) is 6.07 Å². The van der Waals surface area contributed by atoms with E-state index in [0.29, 0.717) is 12.0 Å². The molecule has 1 rings (SSSR count). The lowest BCUT2D eigenvalue weighted by Gasteiger charge is -2.00. The zero-order chi connectivity index (χ0) is 12.8. The molecule has 1 aromatic heterocycles. The highest BCUT2D eigenvalue weighted by atomic mass is 16.6. The summed E-state index contributed by atoms with van der Waals surface area (Å²) in [5.74, 6) is -0.616. The Morgan fingerprint density at radius 1 is 1.59 bits per heavy atom. The maximum Gasteiger partial charge on any atom is 0.433 e. The summed E-state index contributed by atoms with van der Waals surface area (Å²) in [6.45, 7) is 2.00. The first-order valence-corrected chi connectivity index (χ1v) is 5.29. The molecule has 0 unspecified atom stereocenters. The van der Waals surface area contributed by atoms with Crippen LogP contribution in [0.25, 0.3) is 6.08 Å². The maximum absolute atomic E-state index is 11.1. The van der Waals surface area contributed by atoms with Gasteiger partial charge in [0.15, 0.2) is 0 Å². The Hall–Kier alpha value is -2.11. The van der Waals surface area contributed by atoms with Gasteiger partial charge in [0.1, 0.15) is 10.7 Å². The van der Waals surface area contributed by atoms with Crippen LogP contribution in [-0.2, 0) is 4.79 Å². The zero-order valence-electron chi connectivity index (χ0n) is 9.51. The van der Waals surface area contributed by atoms with Crippen molar-refractivity contribution in [2.75, 3.05) is 0 Å². The second-order valence-corrected chi connectivity index (χ2v) is 3.57. The van der Waals surface area contributed by atoms with E-state index in [0.717, 1.165) is 12.8 Å². The molecule has 0 aliphatic heterocycles. The van der Waals surface area contributed by atoms with Crippen molar-refractivity contribution in [2.45, 2.75) is 26.2 Å². The molecule has 1 amide bonds. The number of primary amides is 1. The predicted molar refractivity (Wildman–Crippen MR) is 62.1 cm³/mol. The van der Waals surface area contributed by atoms with Crippen LogP contribution in [0.4, 0.5) is 5.88 Å². The Morgan fingerprint density at radius 3 is 2.76 bits per heavy atom. The number of amides is 1. The fourth-order valence-electron chi connectivity index (χ4n) is 1.32. The molecule has 17 heavy (non-hydrogen) atoms. The van der Waals surface area contributed by atoms with Gasteiger partial charge >= 0.3 is 5.88 Å². The molecule has 92 valence electrons. The van der Waals surface area contributed by atoms with E-state index in [9.17, 15) is 14.9 Å². The molecule has 1 aromatic rings. The third-order valence-electron chi connectivity index (χ3n) is 2.23. The molecular formula is C11H14N2O4. The van der Waals surface area contributed by atoms with Gasteiger partial charge in [-0.25, -0.2) is 0 Å². The van der Waals surface area contributed by atoms with Gasteiger partial charge in [-0.15, -0.1) is 0 Å². The quantitative estimate of drug-likeness (QED) is 0.466. The normalized spacial score (nSPS) is 11.5. The molecule has 0 bridgehead atoms. The lowest BCUT2D eigenvalue weighted by Crippen LogP contribution is -2.13. The highest BCUT2D eigenvalue weighted by molar-refractivity contribution is 5.96. The summed E-state index contributed by atoms with van der Waals surface area (Å²) >= 11 is 0. The number of hydrogen-bond acceptors (Lipinski definition) is 4. The Kier molecular flexibility index (Phi) is 4.45. The highest BCUT2D eigenvalue weighted by Gasteiger charge is 2.12. The second-order valence-electron chi connectivity index (χ2n) is 3.57. The van der Waals surface area contributed by atoms with Gasteiger partial charge in [-0.3, -0.25) is 14.9 Å². The topological polar surface area (TPSA) is 99.4 Å².